The number of likely N-dealkylation sites (N-methyl/N-ethyl adjacent to an activating group) is 1. The molecule has 0 saturated heterocycles. The quantitative estimate of drug-likeness (QED) is 0.117. The molecule has 2 N–H and O–H groups in total. The fourth-order valence-electron chi connectivity index (χ4n) is 4.96. The molecular formula is C32H60N5NaO6Si. The number of carboxylic acids is 1. The molecule has 11 nitrogen and oxygen atoms in total. The topological polar surface area (TPSA) is 155 Å². The van der Waals surface area contributed by atoms with Crippen molar-refractivity contribution < 1.29 is 58.3 Å². The normalized spacial score (nSPS) is 12.4. The minimum absolute atomic E-state index is 0. The maximum atomic E-state index is 12.0. The van der Waals surface area contributed by atoms with Crippen molar-refractivity contribution in [3.63, 3.8) is 0 Å². The number of ketones is 2. The van der Waals surface area contributed by atoms with E-state index in [0.717, 1.165) is 6.54 Å². The molecule has 1 aromatic heterocycles. The standard InChI is InChI=1S/C18H37N3OSi.C14H24N2O5.Na/c1-18(2)22-23(3,4)17-13-11-9-7-5-6-8-10-12-15-21-16-14-19-20-21;1-4-5-10(18)8-12(15-3)14(21)16-11(9(2)17)6-7-13(19)20;/h14,16,18H,5-13,15,17H2,1-4H3;11-12,15H,4-8H2,1-3H3,(H,16,21)(H,19,20);/q;;+1/p-1. The smallest absolute Gasteiger partial charge is 0.550 e. The number of unbranched alkanes of at least 4 members (excludes halogenated alkanes) is 8. The van der Waals surface area contributed by atoms with Crippen molar-refractivity contribution in [1.82, 2.24) is 25.6 Å². The van der Waals surface area contributed by atoms with E-state index in [1.807, 2.05) is 17.8 Å². The number of amides is 1. The summed E-state index contributed by atoms with van der Waals surface area (Å²) < 4.78 is 8.00. The van der Waals surface area contributed by atoms with Gasteiger partial charge in [-0.05, 0) is 72.6 Å². The zero-order valence-electron chi connectivity index (χ0n) is 29.5. The van der Waals surface area contributed by atoms with Gasteiger partial charge in [-0.3, -0.25) is 19.1 Å². The van der Waals surface area contributed by atoms with Crippen LogP contribution in [-0.4, -0.2) is 72.0 Å². The molecular weight excluding hydrogens is 601 g/mol. The molecule has 1 heterocycles. The average Bonchev–Trinajstić information content (AvgIpc) is 3.45. The molecule has 0 saturated carbocycles. The van der Waals surface area contributed by atoms with Crippen LogP contribution in [0.1, 0.15) is 118 Å². The van der Waals surface area contributed by atoms with Crippen molar-refractivity contribution >= 4 is 31.8 Å². The molecule has 45 heavy (non-hydrogen) atoms. The number of carbonyl (C=O) groups excluding carboxylic acids is 4. The van der Waals surface area contributed by atoms with Gasteiger partial charge in [-0.25, -0.2) is 0 Å². The third-order valence-corrected chi connectivity index (χ3v) is 9.93. The molecule has 254 valence electrons. The maximum absolute atomic E-state index is 12.0. The van der Waals surface area contributed by atoms with Crippen molar-refractivity contribution in [2.24, 2.45) is 0 Å². The number of nitrogens with zero attached hydrogens (tertiary/aromatic N) is 3. The Hall–Kier alpha value is -1.44. The van der Waals surface area contributed by atoms with Gasteiger partial charge in [-0.2, -0.15) is 0 Å². The third-order valence-electron chi connectivity index (χ3n) is 7.26. The number of carboxylic acid groups (broad SMARTS) is 1. The van der Waals surface area contributed by atoms with Crippen LogP contribution >= 0.6 is 0 Å². The summed E-state index contributed by atoms with van der Waals surface area (Å²) in [6.07, 6.45) is 17.1. The largest absolute Gasteiger partial charge is 1.00 e. The summed E-state index contributed by atoms with van der Waals surface area (Å²) in [5, 5.41) is 23.4. The second-order valence-electron chi connectivity index (χ2n) is 12.4. The Labute approximate surface area is 295 Å². The van der Waals surface area contributed by atoms with Gasteiger partial charge in [0.05, 0.1) is 18.3 Å². The van der Waals surface area contributed by atoms with E-state index in [1.165, 1.54) is 70.8 Å². The van der Waals surface area contributed by atoms with Gasteiger partial charge in [0.25, 0.3) is 0 Å². The van der Waals surface area contributed by atoms with Crippen LogP contribution in [0.3, 0.4) is 0 Å². The van der Waals surface area contributed by atoms with E-state index in [0.29, 0.717) is 18.9 Å². The van der Waals surface area contributed by atoms with E-state index in [2.05, 4.69) is 47.9 Å². The van der Waals surface area contributed by atoms with Crippen molar-refractivity contribution in [2.45, 2.75) is 161 Å². The summed E-state index contributed by atoms with van der Waals surface area (Å²) in [7, 11) is 0.158. The number of carbonyl (C=O) groups is 4. The predicted molar refractivity (Wildman–Crippen MR) is 174 cm³/mol. The number of aliphatic carboxylic acids is 1. The summed E-state index contributed by atoms with van der Waals surface area (Å²) in [6, 6.07) is -0.297. The maximum Gasteiger partial charge on any atom is 1.00 e. The van der Waals surface area contributed by atoms with Crippen LogP contribution in [-0.2, 0) is 30.1 Å². The zero-order chi connectivity index (χ0) is 33.4. The first-order chi connectivity index (χ1) is 20.8. The number of aromatic nitrogens is 3. The molecule has 13 heteroatoms. The summed E-state index contributed by atoms with van der Waals surface area (Å²) in [5.74, 6) is -2.14. The van der Waals surface area contributed by atoms with E-state index in [4.69, 9.17) is 4.43 Å². The average molecular weight is 662 g/mol. The van der Waals surface area contributed by atoms with Gasteiger partial charge >= 0.3 is 29.6 Å². The van der Waals surface area contributed by atoms with Gasteiger partial charge in [0.2, 0.25) is 5.91 Å². The molecule has 1 rings (SSSR count). The number of hydrogen-bond acceptors (Lipinski definition) is 9. The van der Waals surface area contributed by atoms with Crippen molar-refractivity contribution in [2.75, 3.05) is 7.05 Å². The van der Waals surface area contributed by atoms with Crippen LogP contribution in [0.5, 0.6) is 0 Å². The Kier molecular flexibility index (Phi) is 28.1. The molecule has 0 aliphatic carbocycles. The van der Waals surface area contributed by atoms with Crippen LogP contribution in [0, 0.1) is 0 Å². The molecule has 0 aromatic carbocycles. The van der Waals surface area contributed by atoms with Crippen LogP contribution < -0.4 is 45.3 Å². The molecule has 0 bridgehead atoms. The first-order valence-corrected chi connectivity index (χ1v) is 19.6. The van der Waals surface area contributed by atoms with Crippen LogP contribution in [0.4, 0.5) is 0 Å². The van der Waals surface area contributed by atoms with Gasteiger partial charge in [0.1, 0.15) is 5.78 Å². The second-order valence-corrected chi connectivity index (χ2v) is 16.7. The van der Waals surface area contributed by atoms with Crippen LogP contribution in [0.2, 0.25) is 19.1 Å². The molecule has 2 atom stereocenters. The molecule has 0 radical (unpaired) electrons. The summed E-state index contributed by atoms with van der Waals surface area (Å²) in [5.41, 5.74) is 0. The number of hydrogen-bond donors (Lipinski definition) is 2. The van der Waals surface area contributed by atoms with Gasteiger partial charge in [-0.1, -0.05) is 63.5 Å². The Morgan fingerprint density at radius 3 is 1.98 bits per heavy atom. The first kappa shape index (κ1) is 45.7. The predicted octanol–water partition coefficient (Wildman–Crippen LogP) is 1.36. The molecule has 1 amide bonds. The fourth-order valence-corrected chi connectivity index (χ4v) is 7.45. The van der Waals surface area contributed by atoms with Crippen LogP contribution in [0.25, 0.3) is 0 Å². The fraction of sp³-hybridized carbons (Fsp3) is 0.812. The third kappa shape index (κ3) is 26.3. The van der Waals surface area contributed by atoms with Gasteiger partial charge in [-0.15, -0.1) is 5.10 Å². The van der Waals surface area contributed by atoms with E-state index in [1.54, 1.807) is 13.2 Å². The zero-order valence-corrected chi connectivity index (χ0v) is 32.5. The minimum Gasteiger partial charge on any atom is -0.550 e. The molecule has 2 unspecified atom stereocenters. The second kappa shape index (κ2) is 27.6. The number of aryl methyl sites for hydroxylation is 1. The number of rotatable bonds is 25. The van der Waals surface area contributed by atoms with Gasteiger partial charge < -0.3 is 25.0 Å². The number of Topliss-reactive ketones (excluding diaryl/α,β-unsaturated/α-hetero) is 2. The molecule has 0 aliphatic rings. The monoisotopic (exact) mass is 661 g/mol. The summed E-state index contributed by atoms with van der Waals surface area (Å²) >= 11 is 0. The minimum atomic E-state index is -1.39. The molecule has 0 aliphatic heterocycles. The number of nitrogens with one attached hydrogen (secondary N) is 2. The van der Waals surface area contributed by atoms with Crippen molar-refractivity contribution in [1.29, 1.82) is 0 Å². The Morgan fingerprint density at radius 2 is 1.51 bits per heavy atom. The molecule has 0 spiro atoms. The van der Waals surface area contributed by atoms with E-state index < -0.39 is 32.3 Å². The van der Waals surface area contributed by atoms with Gasteiger partial charge in [0, 0.05) is 37.7 Å². The Balaban J connectivity index is 0. The molecule has 1 aromatic rings. The Morgan fingerprint density at radius 1 is 0.933 bits per heavy atom. The van der Waals surface area contributed by atoms with E-state index in [-0.39, 0.29) is 60.4 Å². The van der Waals surface area contributed by atoms with Crippen molar-refractivity contribution in [3.8, 4) is 0 Å². The van der Waals surface area contributed by atoms with Crippen LogP contribution in [0.15, 0.2) is 12.4 Å². The van der Waals surface area contributed by atoms with Gasteiger partial charge in [0.15, 0.2) is 14.1 Å². The Bertz CT molecular complexity index is 933. The summed E-state index contributed by atoms with van der Waals surface area (Å²) in [6.45, 7) is 13.2. The van der Waals surface area contributed by atoms with E-state index in [9.17, 15) is 24.3 Å². The summed E-state index contributed by atoms with van der Waals surface area (Å²) in [4.78, 5) is 45.5. The first-order valence-electron chi connectivity index (χ1n) is 16.5. The van der Waals surface area contributed by atoms with Crippen molar-refractivity contribution in [3.05, 3.63) is 12.4 Å². The molecule has 0 fully saturated rings. The van der Waals surface area contributed by atoms with E-state index >= 15 is 0 Å². The SMILES string of the molecule is CC(C)O[Si](C)(C)CCCCCCCCCCCn1ccnn1.CCCC(=O)CC(NC)C(=O)NC(CCC(=O)[O-])C(C)=O.[Na+].